The van der Waals surface area contributed by atoms with Gasteiger partial charge in [-0.1, -0.05) is 78.1 Å². The fraction of sp³-hybridized carbons (Fsp3) is 0.960. The third-order valence-corrected chi connectivity index (χ3v) is 8.11. The molecule has 0 fully saturated rings. The summed E-state index contributed by atoms with van der Waals surface area (Å²) < 4.78 is 272. The summed E-state index contributed by atoms with van der Waals surface area (Å²) in [6.45, 7) is 4.27. The molecule has 0 aromatic carbocycles. The van der Waals surface area contributed by atoms with Crippen LogP contribution in [0, 0.1) is 0 Å². The van der Waals surface area contributed by atoms with Gasteiger partial charge in [0.2, 0.25) is 0 Å². The highest BCUT2D eigenvalue weighted by atomic mass is 32.2. The number of halogens is 17. The fourth-order valence-electron chi connectivity index (χ4n) is 3.43. The fourth-order valence-corrected chi connectivity index (χ4v) is 4.57. The van der Waals surface area contributed by atoms with Crippen LogP contribution in [0.5, 0.6) is 0 Å². The first-order valence-electron chi connectivity index (χ1n) is 14.7. The van der Waals surface area contributed by atoms with E-state index < -0.39 is 73.8 Å². The lowest BCUT2D eigenvalue weighted by Gasteiger charge is -2.42. The maximum atomic E-state index is 13.0. The van der Waals surface area contributed by atoms with Gasteiger partial charge in [-0.3, -0.25) is 9.11 Å². The molecule has 0 amide bonds. The molecule has 0 aromatic heterocycles. The van der Waals surface area contributed by atoms with Gasteiger partial charge in [-0.25, -0.2) is 4.79 Å². The van der Waals surface area contributed by atoms with Gasteiger partial charge in [0, 0.05) is 0 Å². The van der Waals surface area contributed by atoms with Gasteiger partial charge < -0.3 is 5.11 Å². The Labute approximate surface area is 287 Å². The van der Waals surface area contributed by atoms with Gasteiger partial charge >= 0.3 is 53.6 Å². The van der Waals surface area contributed by atoms with E-state index in [4.69, 9.17) is 14.2 Å². The maximum Gasteiger partial charge on any atom is 0.460 e. The zero-order valence-electron chi connectivity index (χ0n) is 27.0. The predicted octanol–water partition coefficient (Wildman–Crippen LogP) is 9.55. The molecular weight excluding hydrogens is 815 g/mol. The monoisotopic (exact) mass is 852 g/mol. The average Bonchev–Trinajstić information content (AvgIpc) is 2.95. The van der Waals surface area contributed by atoms with Gasteiger partial charge in [-0.05, 0) is 12.8 Å². The summed E-state index contributed by atoms with van der Waals surface area (Å²) in [7, 11) is -7.43. The number of aliphatic carboxylic acids is 1. The molecule has 0 atom stereocenters. The normalized spacial score (nSPS) is 14.2. The van der Waals surface area contributed by atoms with Crippen molar-refractivity contribution in [3.63, 3.8) is 0 Å². The minimum atomic E-state index is -8.76. The molecule has 0 saturated carbocycles. The quantitative estimate of drug-likeness (QED) is 0.0588. The number of carbonyl (C=O) groups is 1. The van der Waals surface area contributed by atoms with Crippen molar-refractivity contribution in [2.75, 3.05) is 11.5 Å². The van der Waals surface area contributed by atoms with Gasteiger partial charge in [-0.15, -0.1) is 0 Å². The molecule has 316 valence electrons. The van der Waals surface area contributed by atoms with Crippen LogP contribution < -0.4 is 0 Å². The minimum absolute atomic E-state index is 0.0842. The molecule has 3 N–H and O–H groups in total. The molecule has 0 aliphatic rings. The molecule has 0 saturated heterocycles. The second-order valence-electron chi connectivity index (χ2n) is 10.9. The van der Waals surface area contributed by atoms with Crippen molar-refractivity contribution in [1.29, 1.82) is 0 Å². The lowest BCUT2D eigenvalue weighted by molar-refractivity contribution is -0.459. The van der Waals surface area contributed by atoms with Crippen molar-refractivity contribution in [2.45, 2.75) is 139 Å². The summed E-state index contributed by atoms with van der Waals surface area (Å²) in [4.78, 5) is 9.77. The third kappa shape index (κ3) is 14.7. The molecule has 0 aliphatic heterocycles. The van der Waals surface area contributed by atoms with Gasteiger partial charge in [0.25, 0.3) is 20.2 Å². The Bertz CT molecular complexity index is 1240. The van der Waals surface area contributed by atoms with Crippen molar-refractivity contribution in [3.8, 4) is 0 Å². The molecule has 0 spiro atoms. The van der Waals surface area contributed by atoms with Crippen molar-refractivity contribution in [2.24, 2.45) is 0 Å². The topological polar surface area (TPSA) is 146 Å². The van der Waals surface area contributed by atoms with Gasteiger partial charge in [0.05, 0.1) is 11.5 Å². The molecule has 0 aliphatic carbocycles. The minimum Gasteiger partial charge on any atom is -0.477 e. The highest BCUT2D eigenvalue weighted by Gasteiger charge is 2.95. The van der Waals surface area contributed by atoms with Crippen LogP contribution in [0.4, 0.5) is 74.6 Å². The van der Waals surface area contributed by atoms with Crippen molar-refractivity contribution >= 4 is 26.2 Å². The van der Waals surface area contributed by atoms with Crippen LogP contribution in [-0.2, 0) is 25.0 Å². The standard InChI is InChI=1S/C9HF17O2.2C8H18O3S/c10-2(11,1(27)28)3(12,13)4(14,15)5(16,17)6(18,19)7(20,21)8(22,23)9(24,25)26;2*1-2-3-4-5-6-7-8-12(9,10)11/h(H,27,28);2*2-8H2,1H3,(H,9,10,11). The molecule has 0 unspecified atom stereocenters. The Kier molecular flexibility index (Phi) is 21.1. The van der Waals surface area contributed by atoms with E-state index in [1.807, 2.05) is 0 Å². The van der Waals surface area contributed by atoms with Crippen LogP contribution in [0.25, 0.3) is 0 Å². The SMILES string of the molecule is CCCCCCCCS(=O)(=O)O.CCCCCCCCS(=O)(=O)O.O=C(O)C(F)(F)C(F)(F)C(F)(F)C(F)(F)C(F)(F)C(F)(F)C(F)(F)C(F)(F)F. The number of unbranched alkanes of at least 4 members (excludes halogenated alkanes) is 10. The molecule has 52 heavy (non-hydrogen) atoms. The average molecular weight is 853 g/mol. The van der Waals surface area contributed by atoms with Gasteiger partial charge in [0.15, 0.2) is 0 Å². The van der Waals surface area contributed by atoms with Crippen LogP contribution in [-0.4, -0.2) is 96.2 Å². The van der Waals surface area contributed by atoms with E-state index in [1.54, 1.807) is 0 Å². The molecule has 0 radical (unpaired) electrons. The van der Waals surface area contributed by atoms with Crippen LogP contribution in [0.2, 0.25) is 0 Å². The summed E-state index contributed by atoms with van der Waals surface area (Å²) >= 11 is 0. The van der Waals surface area contributed by atoms with E-state index in [0.29, 0.717) is 12.8 Å². The van der Waals surface area contributed by atoms with Crippen LogP contribution in [0.1, 0.15) is 90.9 Å². The lowest BCUT2D eigenvalue weighted by atomic mass is 9.89. The van der Waals surface area contributed by atoms with E-state index in [2.05, 4.69) is 13.8 Å². The Morgan fingerprint density at radius 2 is 0.654 bits per heavy atom. The smallest absolute Gasteiger partial charge is 0.460 e. The van der Waals surface area contributed by atoms with Gasteiger partial charge in [0.1, 0.15) is 0 Å². The molecule has 0 aromatic rings. The first-order valence-corrected chi connectivity index (χ1v) is 17.9. The first-order chi connectivity index (χ1) is 22.8. The zero-order chi connectivity index (χ0) is 42.5. The number of carboxylic acids is 1. The largest absolute Gasteiger partial charge is 0.477 e. The predicted molar refractivity (Wildman–Crippen MR) is 148 cm³/mol. The highest BCUT2D eigenvalue weighted by Crippen LogP contribution is 2.63. The van der Waals surface area contributed by atoms with E-state index in [1.165, 1.54) is 38.5 Å². The first kappa shape index (κ1) is 54.4. The Hall–Kier alpha value is -1.90. The van der Waals surface area contributed by atoms with Crippen molar-refractivity contribution in [1.82, 2.24) is 0 Å². The zero-order valence-corrected chi connectivity index (χ0v) is 28.7. The van der Waals surface area contributed by atoms with E-state index >= 15 is 0 Å². The summed E-state index contributed by atoms with van der Waals surface area (Å²) in [5, 5.41) is 7.59. The molecule has 0 bridgehead atoms. The van der Waals surface area contributed by atoms with Crippen molar-refractivity contribution in [3.05, 3.63) is 0 Å². The second-order valence-corrected chi connectivity index (χ2v) is 14.1. The lowest BCUT2D eigenvalue weighted by Crippen LogP contribution is -2.75. The number of alkyl halides is 17. The van der Waals surface area contributed by atoms with Crippen LogP contribution in [0.15, 0.2) is 0 Å². The molecule has 0 rings (SSSR count). The number of carboxylic acid groups (broad SMARTS) is 1. The van der Waals surface area contributed by atoms with Crippen LogP contribution >= 0.6 is 0 Å². The maximum absolute atomic E-state index is 13.0. The van der Waals surface area contributed by atoms with Crippen LogP contribution in [0.3, 0.4) is 0 Å². The number of rotatable bonds is 21. The molecule has 8 nitrogen and oxygen atoms in total. The van der Waals surface area contributed by atoms with E-state index in [9.17, 15) is 96.3 Å². The Morgan fingerprint density at radius 1 is 0.423 bits per heavy atom. The van der Waals surface area contributed by atoms with Gasteiger partial charge in [-0.2, -0.15) is 91.5 Å². The Morgan fingerprint density at radius 3 is 0.885 bits per heavy atom. The van der Waals surface area contributed by atoms with Crippen molar-refractivity contribution < 1.29 is 110 Å². The van der Waals surface area contributed by atoms with E-state index in [0.717, 1.165) is 25.7 Å². The Balaban J connectivity index is -0.000000821. The molecular formula is C25H37F17O8S2. The highest BCUT2D eigenvalue weighted by molar-refractivity contribution is 7.86. The molecule has 27 heteroatoms. The van der Waals surface area contributed by atoms with E-state index in [-0.39, 0.29) is 11.5 Å². The summed E-state index contributed by atoms with van der Waals surface area (Å²) in [6.07, 6.45) is 4.44. The summed E-state index contributed by atoms with van der Waals surface area (Å²) in [5.41, 5.74) is 0. The number of hydrogen-bond donors (Lipinski definition) is 3. The summed E-state index contributed by atoms with van der Waals surface area (Å²) in [6, 6.07) is 0. The number of hydrogen-bond acceptors (Lipinski definition) is 5. The third-order valence-electron chi connectivity index (χ3n) is 6.50. The summed E-state index contributed by atoms with van der Waals surface area (Å²) in [5.74, 6) is -63.1. The molecule has 0 heterocycles. The second kappa shape index (κ2) is 20.1.